The molecular formula is C11H11N3O2. The highest BCUT2D eigenvalue weighted by Gasteiger charge is 2.07. The minimum absolute atomic E-state index is 0.244. The number of carbonyl (C=O) groups excluding carboxylic acids is 1. The van der Waals surface area contributed by atoms with Crippen LogP contribution in [0.1, 0.15) is 10.5 Å². The van der Waals surface area contributed by atoms with Crippen LogP contribution in [0.2, 0.25) is 0 Å². The van der Waals surface area contributed by atoms with E-state index in [0.29, 0.717) is 11.4 Å². The van der Waals surface area contributed by atoms with E-state index >= 15 is 0 Å². The number of anilines is 1. The molecule has 0 radical (unpaired) electrons. The Labute approximate surface area is 92.4 Å². The van der Waals surface area contributed by atoms with Crippen LogP contribution in [0.4, 0.5) is 5.69 Å². The van der Waals surface area contributed by atoms with Gasteiger partial charge in [-0.3, -0.25) is 9.89 Å². The molecule has 0 fully saturated rings. The van der Waals surface area contributed by atoms with Gasteiger partial charge in [0.15, 0.2) is 0 Å². The van der Waals surface area contributed by atoms with E-state index in [-0.39, 0.29) is 5.91 Å². The number of hydrogen-bond donors (Lipinski definition) is 2. The Morgan fingerprint density at radius 1 is 1.31 bits per heavy atom. The van der Waals surface area contributed by atoms with E-state index in [4.69, 9.17) is 4.74 Å². The predicted octanol–water partition coefficient (Wildman–Crippen LogP) is 1.67. The number of benzene rings is 1. The predicted molar refractivity (Wildman–Crippen MR) is 59.5 cm³/mol. The number of aromatic nitrogens is 2. The largest absolute Gasteiger partial charge is 0.497 e. The van der Waals surface area contributed by atoms with Crippen LogP contribution >= 0.6 is 0 Å². The first-order chi connectivity index (χ1) is 7.79. The summed E-state index contributed by atoms with van der Waals surface area (Å²) in [5.74, 6) is 0.504. The van der Waals surface area contributed by atoms with Gasteiger partial charge in [-0.05, 0) is 30.3 Å². The maximum absolute atomic E-state index is 11.6. The Bertz CT molecular complexity index is 462. The van der Waals surface area contributed by atoms with Crippen molar-refractivity contribution in [1.29, 1.82) is 0 Å². The number of H-pyrrole nitrogens is 1. The molecule has 0 saturated heterocycles. The summed E-state index contributed by atoms with van der Waals surface area (Å²) in [7, 11) is 1.59. The molecule has 0 aliphatic carbocycles. The number of methoxy groups -OCH3 is 1. The Morgan fingerprint density at radius 2 is 2.06 bits per heavy atom. The molecule has 5 nitrogen and oxygen atoms in total. The van der Waals surface area contributed by atoms with Crippen LogP contribution in [-0.2, 0) is 0 Å². The first-order valence-corrected chi connectivity index (χ1v) is 4.75. The SMILES string of the molecule is COc1ccc(NC(=O)c2cc[nH]n2)cc1. The lowest BCUT2D eigenvalue weighted by atomic mass is 10.3. The number of nitrogens with zero attached hydrogens (tertiary/aromatic N) is 1. The molecule has 16 heavy (non-hydrogen) atoms. The molecular weight excluding hydrogens is 206 g/mol. The monoisotopic (exact) mass is 217 g/mol. The second-order valence-electron chi connectivity index (χ2n) is 3.14. The van der Waals surface area contributed by atoms with Crippen LogP contribution in [0.25, 0.3) is 0 Å². The molecule has 1 heterocycles. The van der Waals surface area contributed by atoms with Crippen molar-refractivity contribution in [2.75, 3.05) is 12.4 Å². The van der Waals surface area contributed by atoms with Gasteiger partial charge in [0.25, 0.3) is 5.91 Å². The maximum Gasteiger partial charge on any atom is 0.276 e. The zero-order valence-corrected chi connectivity index (χ0v) is 8.73. The highest BCUT2D eigenvalue weighted by Crippen LogP contribution is 2.15. The molecule has 0 spiro atoms. The molecule has 1 aromatic heterocycles. The number of aromatic amines is 1. The molecule has 2 rings (SSSR count). The number of amides is 1. The van der Waals surface area contributed by atoms with E-state index < -0.39 is 0 Å². The standard InChI is InChI=1S/C11H11N3O2/c1-16-9-4-2-8(3-5-9)13-11(15)10-6-7-12-14-10/h2-7H,1H3,(H,12,14)(H,13,15). The van der Waals surface area contributed by atoms with Crippen molar-refractivity contribution in [2.45, 2.75) is 0 Å². The van der Waals surface area contributed by atoms with Gasteiger partial charge in [-0.25, -0.2) is 0 Å². The topological polar surface area (TPSA) is 67.0 Å². The summed E-state index contributed by atoms with van der Waals surface area (Å²) in [6, 6.07) is 8.70. The molecule has 0 saturated carbocycles. The second-order valence-corrected chi connectivity index (χ2v) is 3.14. The minimum Gasteiger partial charge on any atom is -0.497 e. The molecule has 2 N–H and O–H groups in total. The lowest BCUT2D eigenvalue weighted by molar-refractivity contribution is 0.102. The smallest absolute Gasteiger partial charge is 0.276 e. The highest BCUT2D eigenvalue weighted by atomic mass is 16.5. The summed E-state index contributed by atoms with van der Waals surface area (Å²) in [6.45, 7) is 0. The number of carbonyl (C=O) groups is 1. The molecule has 0 unspecified atom stereocenters. The molecule has 1 amide bonds. The van der Waals surface area contributed by atoms with Crippen molar-refractivity contribution in [3.8, 4) is 5.75 Å². The van der Waals surface area contributed by atoms with Gasteiger partial charge < -0.3 is 10.1 Å². The fraction of sp³-hybridized carbons (Fsp3) is 0.0909. The summed E-state index contributed by atoms with van der Waals surface area (Å²) < 4.78 is 5.02. The summed E-state index contributed by atoms with van der Waals surface area (Å²) in [4.78, 5) is 11.6. The van der Waals surface area contributed by atoms with Gasteiger partial charge >= 0.3 is 0 Å². The lowest BCUT2D eigenvalue weighted by Crippen LogP contribution is -2.12. The van der Waals surface area contributed by atoms with E-state index in [2.05, 4.69) is 15.5 Å². The maximum atomic E-state index is 11.6. The van der Waals surface area contributed by atoms with Gasteiger partial charge in [0.2, 0.25) is 0 Å². The molecule has 0 bridgehead atoms. The zero-order chi connectivity index (χ0) is 11.4. The van der Waals surface area contributed by atoms with Gasteiger partial charge in [0.05, 0.1) is 7.11 Å². The summed E-state index contributed by atoms with van der Waals surface area (Å²) in [6.07, 6.45) is 1.60. The van der Waals surface area contributed by atoms with Crippen molar-refractivity contribution in [1.82, 2.24) is 10.2 Å². The summed E-state index contributed by atoms with van der Waals surface area (Å²) in [5.41, 5.74) is 1.06. The average Bonchev–Trinajstić information content (AvgIpc) is 2.83. The van der Waals surface area contributed by atoms with Crippen LogP contribution < -0.4 is 10.1 Å². The van der Waals surface area contributed by atoms with Crippen molar-refractivity contribution in [2.24, 2.45) is 0 Å². The lowest BCUT2D eigenvalue weighted by Gasteiger charge is -2.04. The third-order valence-corrected chi connectivity index (χ3v) is 2.08. The van der Waals surface area contributed by atoms with E-state index in [1.54, 1.807) is 43.6 Å². The highest BCUT2D eigenvalue weighted by molar-refractivity contribution is 6.02. The fourth-order valence-corrected chi connectivity index (χ4v) is 1.26. The van der Waals surface area contributed by atoms with Gasteiger partial charge in [-0.2, -0.15) is 5.10 Å². The average molecular weight is 217 g/mol. The molecule has 2 aromatic rings. The molecule has 0 aliphatic heterocycles. The first-order valence-electron chi connectivity index (χ1n) is 4.75. The quantitative estimate of drug-likeness (QED) is 0.821. The number of hydrogen-bond acceptors (Lipinski definition) is 3. The zero-order valence-electron chi connectivity index (χ0n) is 8.73. The van der Waals surface area contributed by atoms with Crippen LogP contribution in [-0.4, -0.2) is 23.2 Å². The van der Waals surface area contributed by atoms with Crippen molar-refractivity contribution < 1.29 is 9.53 Å². The van der Waals surface area contributed by atoms with E-state index in [1.165, 1.54) is 0 Å². The third-order valence-electron chi connectivity index (χ3n) is 2.08. The summed E-state index contributed by atoms with van der Waals surface area (Å²) in [5, 5.41) is 9.09. The number of nitrogens with one attached hydrogen (secondary N) is 2. The molecule has 82 valence electrons. The number of rotatable bonds is 3. The van der Waals surface area contributed by atoms with Gasteiger partial charge in [-0.1, -0.05) is 0 Å². The minimum atomic E-state index is -0.244. The molecule has 5 heteroatoms. The fourth-order valence-electron chi connectivity index (χ4n) is 1.26. The Kier molecular flexibility index (Phi) is 2.86. The van der Waals surface area contributed by atoms with Crippen LogP contribution in [0.5, 0.6) is 5.75 Å². The van der Waals surface area contributed by atoms with Gasteiger partial charge in [-0.15, -0.1) is 0 Å². The Balaban J connectivity index is 2.06. The van der Waals surface area contributed by atoms with Crippen LogP contribution in [0.3, 0.4) is 0 Å². The van der Waals surface area contributed by atoms with Crippen molar-refractivity contribution >= 4 is 11.6 Å². The second kappa shape index (κ2) is 4.48. The van der Waals surface area contributed by atoms with Gasteiger partial charge in [0.1, 0.15) is 11.4 Å². The molecule has 0 aliphatic rings. The van der Waals surface area contributed by atoms with Gasteiger partial charge in [0, 0.05) is 11.9 Å². The van der Waals surface area contributed by atoms with Crippen molar-refractivity contribution in [3.05, 3.63) is 42.2 Å². The van der Waals surface area contributed by atoms with Crippen molar-refractivity contribution in [3.63, 3.8) is 0 Å². The Morgan fingerprint density at radius 3 is 2.62 bits per heavy atom. The molecule has 1 aromatic carbocycles. The normalized spacial score (nSPS) is 9.81. The van der Waals surface area contributed by atoms with Crippen LogP contribution in [0, 0.1) is 0 Å². The third kappa shape index (κ3) is 2.20. The van der Waals surface area contributed by atoms with E-state index in [9.17, 15) is 4.79 Å². The number of ether oxygens (including phenoxy) is 1. The van der Waals surface area contributed by atoms with Crippen LogP contribution in [0.15, 0.2) is 36.5 Å². The first kappa shape index (κ1) is 10.2. The summed E-state index contributed by atoms with van der Waals surface area (Å²) >= 11 is 0. The van der Waals surface area contributed by atoms with E-state index in [1.807, 2.05) is 0 Å². The Hall–Kier alpha value is -2.30. The molecule has 0 atom stereocenters. The van der Waals surface area contributed by atoms with E-state index in [0.717, 1.165) is 5.75 Å².